The second kappa shape index (κ2) is 6.98. The second-order valence-corrected chi connectivity index (χ2v) is 6.15. The fourth-order valence-electron chi connectivity index (χ4n) is 2.75. The Morgan fingerprint density at radius 3 is 2.47 bits per heavy atom. The Morgan fingerprint density at radius 1 is 1.16 bits per heavy atom. The molecule has 1 heterocycles. The van der Waals surface area contributed by atoms with E-state index >= 15 is 0 Å². The third kappa shape index (κ3) is 4.00. The van der Waals surface area contributed by atoms with Gasteiger partial charge in [-0.15, -0.1) is 5.10 Å². The summed E-state index contributed by atoms with van der Waals surface area (Å²) in [6.45, 7) is 7.59. The van der Waals surface area contributed by atoms with E-state index in [4.69, 9.17) is 0 Å². The highest BCUT2D eigenvalue weighted by atomic mass is 15.6. The van der Waals surface area contributed by atoms with Crippen molar-refractivity contribution in [3.8, 4) is 0 Å². The van der Waals surface area contributed by atoms with Gasteiger partial charge in [0.25, 0.3) is 0 Å². The summed E-state index contributed by atoms with van der Waals surface area (Å²) in [4.78, 5) is 0. The summed E-state index contributed by atoms with van der Waals surface area (Å²) < 4.78 is 2.07. The third-order valence-electron chi connectivity index (χ3n) is 3.91. The molecular weight excluding hydrogens is 238 g/mol. The number of aromatic nitrogens is 4. The Hall–Kier alpha value is -0.970. The first-order valence-corrected chi connectivity index (χ1v) is 7.69. The lowest BCUT2D eigenvalue weighted by Crippen LogP contribution is -2.27. The van der Waals surface area contributed by atoms with Crippen molar-refractivity contribution in [3.63, 3.8) is 0 Å². The van der Waals surface area contributed by atoms with Gasteiger partial charge >= 0.3 is 0 Å². The van der Waals surface area contributed by atoms with Gasteiger partial charge in [0.2, 0.25) is 0 Å². The molecule has 1 unspecified atom stereocenters. The minimum absolute atomic E-state index is 0.223. The quantitative estimate of drug-likeness (QED) is 0.832. The zero-order valence-corrected chi connectivity index (χ0v) is 12.5. The first kappa shape index (κ1) is 14.4. The molecular formula is C14H27N5. The summed E-state index contributed by atoms with van der Waals surface area (Å²) in [5.74, 6) is 1.64. The molecule has 1 aliphatic carbocycles. The van der Waals surface area contributed by atoms with Crippen molar-refractivity contribution in [1.29, 1.82) is 0 Å². The van der Waals surface area contributed by atoms with Crippen molar-refractivity contribution in [2.24, 2.45) is 5.92 Å². The van der Waals surface area contributed by atoms with Crippen molar-refractivity contribution in [2.75, 3.05) is 6.54 Å². The van der Waals surface area contributed by atoms with Crippen LogP contribution in [-0.2, 0) is 0 Å². The zero-order chi connectivity index (χ0) is 13.7. The lowest BCUT2D eigenvalue weighted by atomic mass is 10.1. The van der Waals surface area contributed by atoms with Crippen LogP contribution in [0.5, 0.6) is 0 Å². The molecule has 1 aromatic rings. The second-order valence-electron chi connectivity index (χ2n) is 6.15. The maximum Gasteiger partial charge on any atom is 0.168 e. The summed E-state index contributed by atoms with van der Waals surface area (Å²) in [5.41, 5.74) is 0. The number of rotatable bonds is 5. The van der Waals surface area contributed by atoms with Crippen LogP contribution in [0, 0.1) is 5.92 Å². The van der Waals surface area contributed by atoms with E-state index in [-0.39, 0.29) is 6.04 Å². The third-order valence-corrected chi connectivity index (χ3v) is 3.91. The van der Waals surface area contributed by atoms with Gasteiger partial charge < -0.3 is 5.32 Å². The molecule has 0 spiro atoms. The number of hydrogen-bond donors (Lipinski definition) is 1. The van der Waals surface area contributed by atoms with E-state index in [9.17, 15) is 0 Å². The van der Waals surface area contributed by atoms with E-state index in [0.717, 1.165) is 12.4 Å². The predicted molar refractivity (Wildman–Crippen MR) is 75.8 cm³/mol. The van der Waals surface area contributed by atoms with Crippen molar-refractivity contribution >= 4 is 0 Å². The zero-order valence-electron chi connectivity index (χ0n) is 12.5. The van der Waals surface area contributed by atoms with Crippen LogP contribution in [0.15, 0.2) is 0 Å². The van der Waals surface area contributed by atoms with Crippen LogP contribution < -0.4 is 5.32 Å². The van der Waals surface area contributed by atoms with Gasteiger partial charge in [0.05, 0.1) is 12.1 Å². The Morgan fingerprint density at radius 2 is 1.84 bits per heavy atom. The van der Waals surface area contributed by atoms with E-state index in [2.05, 4.69) is 46.3 Å². The smallest absolute Gasteiger partial charge is 0.168 e. The topological polar surface area (TPSA) is 55.6 Å². The number of nitrogens with one attached hydrogen (secondary N) is 1. The van der Waals surface area contributed by atoms with Gasteiger partial charge in [0, 0.05) is 0 Å². The molecule has 0 radical (unpaired) electrons. The molecule has 5 heteroatoms. The van der Waals surface area contributed by atoms with Crippen LogP contribution in [-0.4, -0.2) is 26.8 Å². The normalized spacial score (nSPS) is 19.6. The van der Waals surface area contributed by atoms with Crippen molar-refractivity contribution in [1.82, 2.24) is 25.5 Å². The van der Waals surface area contributed by atoms with Gasteiger partial charge in [-0.2, -0.15) is 0 Å². The molecule has 1 N–H and O–H groups in total. The average Bonchev–Trinajstić information content (AvgIpc) is 2.71. The highest BCUT2D eigenvalue weighted by Gasteiger charge is 2.22. The maximum absolute atomic E-state index is 4.25. The van der Waals surface area contributed by atoms with Crippen LogP contribution in [0.2, 0.25) is 0 Å². The molecule has 19 heavy (non-hydrogen) atoms. The van der Waals surface area contributed by atoms with Gasteiger partial charge in [0.15, 0.2) is 5.82 Å². The monoisotopic (exact) mass is 265 g/mol. The van der Waals surface area contributed by atoms with E-state index < -0.39 is 0 Å². The van der Waals surface area contributed by atoms with Crippen LogP contribution in [0.25, 0.3) is 0 Å². The van der Waals surface area contributed by atoms with Crippen LogP contribution >= 0.6 is 0 Å². The molecule has 1 saturated carbocycles. The van der Waals surface area contributed by atoms with Gasteiger partial charge in [-0.25, -0.2) is 4.68 Å². The molecule has 1 fully saturated rings. The highest BCUT2D eigenvalue weighted by molar-refractivity contribution is 4.92. The molecule has 0 saturated heterocycles. The predicted octanol–water partition coefficient (Wildman–Crippen LogP) is 2.88. The number of tetrazole rings is 1. The summed E-state index contributed by atoms with van der Waals surface area (Å²) >= 11 is 0. The minimum atomic E-state index is 0.223. The summed E-state index contributed by atoms with van der Waals surface area (Å²) in [5, 5.41) is 15.9. The molecule has 1 atom stereocenters. The molecule has 5 nitrogen and oxygen atoms in total. The molecule has 2 rings (SSSR count). The van der Waals surface area contributed by atoms with Crippen molar-refractivity contribution < 1.29 is 0 Å². The maximum atomic E-state index is 4.25. The lowest BCUT2D eigenvalue weighted by molar-refractivity contribution is 0.364. The van der Waals surface area contributed by atoms with Crippen LogP contribution in [0.1, 0.15) is 77.2 Å². The Bertz CT molecular complexity index is 366. The first-order valence-electron chi connectivity index (χ1n) is 7.69. The Balaban J connectivity index is 2.03. The van der Waals surface area contributed by atoms with Crippen LogP contribution in [0.3, 0.4) is 0 Å². The van der Waals surface area contributed by atoms with E-state index in [1.165, 1.54) is 38.5 Å². The largest absolute Gasteiger partial charge is 0.307 e. The van der Waals surface area contributed by atoms with E-state index in [0.29, 0.717) is 12.0 Å². The minimum Gasteiger partial charge on any atom is -0.307 e. The molecule has 0 amide bonds. The number of hydrogen-bond acceptors (Lipinski definition) is 4. The van der Waals surface area contributed by atoms with Gasteiger partial charge in [0.1, 0.15) is 0 Å². The first-order chi connectivity index (χ1) is 9.18. The van der Waals surface area contributed by atoms with E-state index in [1.807, 2.05) is 0 Å². The highest BCUT2D eigenvalue weighted by Crippen LogP contribution is 2.28. The van der Waals surface area contributed by atoms with E-state index in [1.54, 1.807) is 0 Å². The summed E-state index contributed by atoms with van der Waals surface area (Å²) in [6.07, 6.45) is 7.75. The standard InChI is InChI=1S/C14H27N5/c1-11(2)10-15-12(3)14-16-17-18-19(14)13-8-6-4-5-7-9-13/h11-13,15H,4-10H2,1-3H3. The fraction of sp³-hybridized carbons (Fsp3) is 0.929. The molecule has 0 bridgehead atoms. The van der Waals surface area contributed by atoms with Gasteiger partial charge in [-0.05, 0) is 42.7 Å². The Labute approximate surface area is 116 Å². The number of nitrogens with zero attached hydrogens (tertiary/aromatic N) is 4. The fourth-order valence-corrected chi connectivity index (χ4v) is 2.75. The summed E-state index contributed by atoms with van der Waals surface area (Å²) in [7, 11) is 0. The van der Waals surface area contributed by atoms with Gasteiger partial charge in [-0.1, -0.05) is 39.5 Å². The SMILES string of the molecule is CC(C)CNC(C)c1nnnn1C1CCCCCC1. The summed E-state index contributed by atoms with van der Waals surface area (Å²) in [6, 6.07) is 0.719. The van der Waals surface area contributed by atoms with Crippen molar-refractivity contribution in [2.45, 2.75) is 71.4 Å². The van der Waals surface area contributed by atoms with Crippen molar-refractivity contribution in [3.05, 3.63) is 5.82 Å². The molecule has 108 valence electrons. The van der Waals surface area contributed by atoms with Crippen LogP contribution in [0.4, 0.5) is 0 Å². The lowest BCUT2D eigenvalue weighted by Gasteiger charge is -2.20. The van der Waals surface area contributed by atoms with Gasteiger partial charge in [-0.3, -0.25) is 0 Å². The molecule has 0 aliphatic heterocycles. The molecule has 1 aliphatic rings. The Kier molecular flexibility index (Phi) is 5.31. The molecule has 1 aromatic heterocycles. The average molecular weight is 265 g/mol. The molecule has 0 aromatic carbocycles.